The largest absolute Gasteiger partial charge is 0.350 e. The van der Waals surface area contributed by atoms with E-state index in [1.165, 1.54) is 5.56 Å². The van der Waals surface area contributed by atoms with E-state index in [1.807, 2.05) is 6.92 Å². The van der Waals surface area contributed by atoms with Gasteiger partial charge in [-0.2, -0.15) is 0 Å². The highest BCUT2D eigenvalue weighted by Gasteiger charge is 2.12. The van der Waals surface area contributed by atoms with Crippen LogP contribution in [-0.2, 0) is 11.2 Å². The van der Waals surface area contributed by atoms with Crippen molar-refractivity contribution in [3.05, 3.63) is 35.4 Å². The van der Waals surface area contributed by atoms with Crippen LogP contribution in [0, 0.1) is 0 Å². The topological polar surface area (TPSA) is 41.1 Å². The summed E-state index contributed by atoms with van der Waals surface area (Å²) in [6, 6.07) is 8.50. The third-order valence-corrected chi connectivity index (χ3v) is 3.27. The van der Waals surface area contributed by atoms with Crippen molar-refractivity contribution in [1.29, 1.82) is 0 Å². The molecule has 3 nitrogen and oxygen atoms in total. The Morgan fingerprint density at radius 1 is 1.20 bits per heavy atom. The number of carbonyl (C=O) groups is 1. The molecule has 0 aliphatic carbocycles. The van der Waals surface area contributed by atoms with Gasteiger partial charge in [0, 0.05) is 18.5 Å². The number of hydrogen-bond acceptors (Lipinski definition) is 2. The first kappa shape index (κ1) is 16.7. The minimum absolute atomic E-state index is 0.0574. The lowest BCUT2D eigenvalue weighted by atomic mass is 10.0. The first-order valence-corrected chi connectivity index (χ1v) is 7.45. The number of rotatable bonds is 6. The third kappa shape index (κ3) is 6.20. The zero-order chi connectivity index (χ0) is 15.2. The van der Waals surface area contributed by atoms with Crippen LogP contribution >= 0.6 is 0 Å². The molecule has 112 valence electrons. The molecule has 0 saturated carbocycles. The van der Waals surface area contributed by atoms with Crippen LogP contribution in [-0.4, -0.2) is 18.0 Å². The molecule has 3 heteroatoms. The molecule has 2 N–H and O–H groups in total. The Morgan fingerprint density at radius 3 is 2.30 bits per heavy atom. The van der Waals surface area contributed by atoms with Gasteiger partial charge in [-0.25, -0.2) is 0 Å². The van der Waals surface area contributed by atoms with Gasteiger partial charge >= 0.3 is 0 Å². The van der Waals surface area contributed by atoms with Gasteiger partial charge in [-0.3, -0.25) is 4.79 Å². The summed E-state index contributed by atoms with van der Waals surface area (Å²) < 4.78 is 0. The van der Waals surface area contributed by atoms with Gasteiger partial charge in [0.15, 0.2) is 0 Å². The Balaban J connectivity index is 2.40. The number of carbonyl (C=O) groups excluding carboxylic acids is 1. The highest BCUT2D eigenvalue weighted by atomic mass is 16.1. The van der Waals surface area contributed by atoms with Crippen LogP contribution in [0.2, 0.25) is 0 Å². The maximum atomic E-state index is 11.9. The summed E-state index contributed by atoms with van der Waals surface area (Å²) in [7, 11) is 0. The zero-order valence-corrected chi connectivity index (χ0v) is 13.4. The molecular weight excluding hydrogens is 248 g/mol. The Hall–Kier alpha value is -1.35. The Bertz CT molecular complexity index is 418. The van der Waals surface area contributed by atoms with Gasteiger partial charge in [0.05, 0.1) is 6.04 Å². The van der Waals surface area contributed by atoms with Gasteiger partial charge in [-0.05, 0) is 45.2 Å². The molecule has 0 heterocycles. The number of nitrogens with one attached hydrogen (secondary N) is 2. The van der Waals surface area contributed by atoms with E-state index in [0.29, 0.717) is 13.0 Å². The standard InChI is InChI=1S/C17H28N2O/c1-6-14-7-9-15(10-8-14)13(2)19-16(20)11-12-18-17(3,4)5/h7-10,13,18H,6,11-12H2,1-5H3,(H,19,20). The molecule has 20 heavy (non-hydrogen) atoms. The zero-order valence-electron chi connectivity index (χ0n) is 13.4. The third-order valence-electron chi connectivity index (χ3n) is 3.27. The van der Waals surface area contributed by atoms with Crippen LogP contribution in [0.4, 0.5) is 0 Å². The van der Waals surface area contributed by atoms with Gasteiger partial charge in [-0.1, -0.05) is 31.2 Å². The molecule has 0 aromatic heterocycles. The molecule has 1 unspecified atom stereocenters. The van der Waals surface area contributed by atoms with E-state index in [1.54, 1.807) is 0 Å². The molecule has 0 aliphatic heterocycles. The molecule has 0 spiro atoms. The van der Waals surface area contributed by atoms with Gasteiger partial charge in [0.2, 0.25) is 5.91 Å². The second kappa shape index (κ2) is 7.44. The molecule has 0 radical (unpaired) electrons. The summed E-state index contributed by atoms with van der Waals surface area (Å²) in [5.41, 5.74) is 2.53. The van der Waals surface area contributed by atoms with Crippen molar-refractivity contribution in [2.45, 2.75) is 59.0 Å². The van der Waals surface area contributed by atoms with E-state index in [2.05, 4.69) is 62.6 Å². The van der Waals surface area contributed by atoms with Crippen LogP contribution in [0.5, 0.6) is 0 Å². The first-order valence-electron chi connectivity index (χ1n) is 7.45. The summed E-state index contributed by atoms with van der Waals surface area (Å²) in [6.07, 6.45) is 1.55. The molecule has 0 saturated heterocycles. The van der Waals surface area contributed by atoms with Crippen molar-refractivity contribution >= 4 is 5.91 Å². The molecule has 0 fully saturated rings. The van der Waals surface area contributed by atoms with Gasteiger partial charge in [-0.15, -0.1) is 0 Å². The Labute approximate surface area is 123 Å². The summed E-state index contributed by atoms with van der Waals surface area (Å²) in [4.78, 5) is 11.9. The highest BCUT2D eigenvalue weighted by molar-refractivity contribution is 5.76. The molecule has 1 atom stereocenters. The molecule has 1 amide bonds. The molecule has 1 rings (SSSR count). The van der Waals surface area contributed by atoms with E-state index >= 15 is 0 Å². The Kier molecular flexibility index (Phi) is 6.21. The lowest BCUT2D eigenvalue weighted by molar-refractivity contribution is -0.121. The summed E-state index contributed by atoms with van der Waals surface area (Å²) >= 11 is 0. The molecule has 1 aromatic rings. The molecule has 1 aromatic carbocycles. The average Bonchev–Trinajstić information content (AvgIpc) is 2.37. The summed E-state index contributed by atoms with van der Waals surface area (Å²) in [6.45, 7) is 11.2. The maximum absolute atomic E-state index is 11.9. The smallest absolute Gasteiger partial charge is 0.221 e. The van der Waals surface area contributed by atoms with Gasteiger partial charge in [0.1, 0.15) is 0 Å². The van der Waals surface area contributed by atoms with E-state index in [4.69, 9.17) is 0 Å². The molecular formula is C17H28N2O. The van der Waals surface area contributed by atoms with Crippen molar-refractivity contribution in [3.63, 3.8) is 0 Å². The second-order valence-corrected chi connectivity index (χ2v) is 6.31. The molecule has 0 aliphatic rings. The fourth-order valence-electron chi connectivity index (χ4n) is 1.99. The van der Waals surface area contributed by atoms with Crippen molar-refractivity contribution in [2.75, 3.05) is 6.54 Å². The normalized spacial score (nSPS) is 13.1. The van der Waals surface area contributed by atoms with Crippen LogP contribution in [0.15, 0.2) is 24.3 Å². The van der Waals surface area contributed by atoms with E-state index in [0.717, 1.165) is 12.0 Å². The average molecular weight is 276 g/mol. The lowest BCUT2D eigenvalue weighted by Crippen LogP contribution is -2.38. The van der Waals surface area contributed by atoms with Crippen LogP contribution in [0.25, 0.3) is 0 Å². The number of amides is 1. The van der Waals surface area contributed by atoms with Crippen LogP contribution in [0.3, 0.4) is 0 Å². The van der Waals surface area contributed by atoms with Crippen molar-refractivity contribution < 1.29 is 4.79 Å². The summed E-state index contributed by atoms with van der Waals surface area (Å²) in [5.74, 6) is 0.0915. The van der Waals surface area contributed by atoms with Crippen molar-refractivity contribution in [3.8, 4) is 0 Å². The first-order chi connectivity index (χ1) is 9.31. The second-order valence-electron chi connectivity index (χ2n) is 6.31. The van der Waals surface area contributed by atoms with E-state index in [9.17, 15) is 4.79 Å². The minimum atomic E-state index is 0.0574. The number of benzene rings is 1. The monoisotopic (exact) mass is 276 g/mol. The van der Waals surface area contributed by atoms with Crippen molar-refractivity contribution in [2.24, 2.45) is 0 Å². The van der Waals surface area contributed by atoms with Crippen LogP contribution in [0.1, 0.15) is 58.2 Å². The van der Waals surface area contributed by atoms with E-state index < -0.39 is 0 Å². The fraction of sp³-hybridized carbons (Fsp3) is 0.588. The minimum Gasteiger partial charge on any atom is -0.350 e. The lowest BCUT2D eigenvalue weighted by Gasteiger charge is -2.21. The van der Waals surface area contributed by atoms with E-state index in [-0.39, 0.29) is 17.5 Å². The summed E-state index contributed by atoms with van der Waals surface area (Å²) in [5, 5.41) is 6.36. The van der Waals surface area contributed by atoms with Crippen LogP contribution < -0.4 is 10.6 Å². The predicted molar refractivity (Wildman–Crippen MR) is 84.8 cm³/mol. The predicted octanol–water partition coefficient (Wildman–Crippen LogP) is 3.20. The molecule has 0 bridgehead atoms. The quantitative estimate of drug-likeness (QED) is 0.837. The van der Waals surface area contributed by atoms with Gasteiger partial charge < -0.3 is 10.6 Å². The SMILES string of the molecule is CCc1ccc(C(C)NC(=O)CCNC(C)(C)C)cc1. The Morgan fingerprint density at radius 2 is 1.80 bits per heavy atom. The number of aryl methyl sites for hydroxylation is 1. The maximum Gasteiger partial charge on any atom is 0.221 e. The fourth-order valence-corrected chi connectivity index (χ4v) is 1.99. The number of hydrogen-bond donors (Lipinski definition) is 2. The van der Waals surface area contributed by atoms with Gasteiger partial charge in [0.25, 0.3) is 0 Å². The highest BCUT2D eigenvalue weighted by Crippen LogP contribution is 2.13. The van der Waals surface area contributed by atoms with Crippen molar-refractivity contribution in [1.82, 2.24) is 10.6 Å².